The van der Waals surface area contributed by atoms with Crippen LogP contribution in [0.3, 0.4) is 0 Å². The summed E-state index contributed by atoms with van der Waals surface area (Å²) in [6, 6.07) is 71.3. The zero-order valence-electron chi connectivity index (χ0n) is 35.0. The summed E-state index contributed by atoms with van der Waals surface area (Å²) in [5, 5.41) is 0. The summed E-state index contributed by atoms with van der Waals surface area (Å²) < 4.78 is 0. The number of hydrogen-bond donors (Lipinski definition) is 0. The number of fused-ring (bicyclic) bond motifs is 6. The van der Waals surface area contributed by atoms with Gasteiger partial charge in [-0.3, -0.25) is 0 Å². The predicted molar refractivity (Wildman–Crippen MR) is 254 cm³/mol. The van der Waals surface area contributed by atoms with E-state index >= 15 is 0 Å². The number of rotatable bonds is 6. The Morgan fingerprint density at radius 1 is 0.377 bits per heavy atom. The zero-order valence-corrected chi connectivity index (χ0v) is 35.0. The van der Waals surface area contributed by atoms with Gasteiger partial charge in [0.25, 0.3) is 0 Å². The third kappa shape index (κ3) is 5.07. The maximum atomic E-state index is 2.57. The third-order valence-electron chi connectivity index (χ3n) is 16.1. The maximum Gasteiger partial charge on any atom is 0.0468 e. The van der Waals surface area contributed by atoms with Crippen molar-refractivity contribution in [3.05, 3.63) is 210 Å². The van der Waals surface area contributed by atoms with Crippen LogP contribution in [0.25, 0.3) is 55.6 Å². The lowest BCUT2D eigenvalue weighted by molar-refractivity contribution is 0.191. The van der Waals surface area contributed by atoms with Crippen LogP contribution in [0.1, 0.15) is 61.8 Å². The molecule has 0 radical (unpaired) electrons. The zero-order chi connectivity index (χ0) is 40.5. The highest BCUT2D eigenvalue weighted by Crippen LogP contribution is 2.73. The van der Waals surface area contributed by atoms with Crippen LogP contribution in [0, 0.1) is 23.7 Å². The molecule has 8 aromatic rings. The Morgan fingerprint density at radius 2 is 0.852 bits per heavy atom. The Bertz CT molecular complexity index is 3010. The topological polar surface area (TPSA) is 3.24 Å². The van der Waals surface area contributed by atoms with Crippen molar-refractivity contribution in [1.82, 2.24) is 0 Å². The van der Waals surface area contributed by atoms with Gasteiger partial charge in [-0.2, -0.15) is 0 Å². The minimum Gasteiger partial charge on any atom is -0.310 e. The number of nitrogens with zero attached hydrogens (tertiary/aromatic N) is 1. The second kappa shape index (κ2) is 13.0. The van der Waals surface area contributed by atoms with E-state index in [0.29, 0.717) is 0 Å². The molecule has 4 fully saturated rings. The molecule has 5 unspecified atom stereocenters. The molecule has 5 atom stereocenters. The molecule has 294 valence electrons. The number of hydrogen-bond acceptors (Lipinski definition) is 1. The van der Waals surface area contributed by atoms with Gasteiger partial charge in [-0.15, -0.1) is 0 Å². The second-order valence-corrected chi connectivity index (χ2v) is 19.3. The quantitative estimate of drug-likeness (QED) is 0.162. The molecule has 0 aliphatic heterocycles. The summed E-state index contributed by atoms with van der Waals surface area (Å²) in [6.45, 7) is 4.75. The Hall–Kier alpha value is -6.44. The van der Waals surface area contributed by atoms with E-state index in [2.05, 4.69) is 207 Å². The van der Waals surface area contributed by atoms with E-state index < -0.39 is 0 Å². The molecule has 6 aliphatic rings. The first-order chi connectivity index (χ1) is 29.9. The van der Waals surface area contributed by atoms with Crippen molar-refractivity contribution in [2.24, 2.45) is 23.7 Å². The van der Waals surface area contributed by atoms with Crippen LogP contribution in [0.15, 0.2) is 188 Å². The minimum absolute atomic E-state index is 0.0467. The number of benzene rings is 8. The molecule has 0 aromatic heterocycles. The van der Waals surface area contributed by atoms with Gasteiger partial charge in [0.1, 0.15) is 0 Å². The minimum atomic E-state index is -0.0467. The fourth-order valence-electron chi connectivity index (χ4n) is 13.5. The largest absolute Gasteiger partial charge is 0.310 e. The molecule has 6 aliphatic carbocycles. The van der Waals surface area contributed by atoms with Gasteiger partial charge in [0, 0.05) is 27.9 Å². The van der Waals surface area contributed by atoms with E-state index in [1.165, 1.54) is 110 Å². The van der Waals surface area contributed by atoms with E-state index in [4.69, 9.17) is 0 Å². The molecule has 1 nitrogen and oxygen atoms in total. The third-order valence-corrected chi connectivity index (χ3v) is 16.1. The van der Waals surface area contributed by atoms with Crippen LogP contribution in [-0.2, 0) is 10.8 Å². The molecule has 0 heterocycles. The van der Waals surface area contributed by atoms with E-state index in [1.54, 1.807) is 11.1 Å². The van der Waals surface area contributed by atoms with Gasteiger partial charge in [0.2, 0.25) is 0 Å². The molecule has 8 aromatic carbocycles. The van der Waals surface area contributed by atoms with Crippen molar-refractivity contribution in [2.75, 3.05) is 4.90 Å². The van der Waals surface area contributed by atoms with Gasteiger partial charge in [-0.1, -0.05) is 159 Å². The molecular formula is C60H49N. The molecule has 4 bridgehead atoms. The maximum absolute atomic E-state index is 2.57. The lowest BCUT2D eigenvalue weighted by atomic mass is 9.59. The summed E-state index contributed by atoms with van der Waals surface area (Å²) in [5.74, 6) is 3.26. The molecule has 0 saturated heterocycles. The van der Waals surface area contributed by atoms with Crippen LogP contribution < -0.4 is 4.90 Å². The predicted octanol–water partition coefficient (Wildman–Crippen LogP) is 15.8. The summed E-state index contributed by atoms with van der Waals surface area (Å²) in [5.41, 5.74) is 22.8. The highest BCUT2D eigenvalue weighted by atomic mass is 15.1. The molecular weight excluding hydrogens is 735 g/mol. The lowest BCUT2D eigenvalue weighted by Crippen LogP contribution is -2.40. The lowest BCUT2D eigenvalue weighted by Gasteiger charge is -2.44. The highest BCUT2D eigenvalue weighted by molar-refractivity contribution is 5.91. The van der Waals surface area contributed by atoms with Crippen molar-refractivity contribution in [1.29, 1.82) is 0 Å². The van der Waals surface area contributed by atoms with Gasteiger partial charge < -0.3 is 4.90 Å². The van der Waals surface area contributed by atoms with Gasteiger partial charge in [0.05, 0.1) is 0 Å². The van der Waals surface area contributed by atoms with E-state index in [9.17, 15) is 0 Å². The first kappa shape index (κ1) is 35.3. The van der Waals surface area contributed by atoms with Crippen LogP contribution in [0.2, 0.25) is 0 Å². The van der Waals surface area contributed by atoms with E-state index in [-0.39, 0.29) is 10.8 Å². The number of anilines is 3. The van der Waals surface area contributed by atoms with Crippen molar-refractivity contribution < 1.29 is 0 Å². The Morgan fingerprint density at radius 3 is 1.51 bits per heavy atom. The molecule has 0 amide bonds. The first-order valence-corrected chi connectivity index (χ1v) is 22.6. The van der Waals surface area contributed by atoms with Crippen LogP contribution >= 0.6 is 0 Å². The normalized spacial score (nSPS) is 22.9. The molecule has 1 heteroatoms. The monoisotopic (exact) mass is 783 g/mol. The molecule has 0 N–H and O–H groups in total. The standard InChI is InChI=1S/C60H49N/c1-59(2)54-16-10-9-15-50(54)52-36-48(26-29-55(52)59)61(47-24-21-43(22-25-47)42-19-17-41(18-20-42)39-11-5-3-6-12-39)49-27-30-57-53(37-49)51-35-44(40-13-7-4-8-14-40)23-28-56(51)60(57)46-32-38-31-45(34-46)58(60)33-38/h3-30,35-38,45-46,58H,31-34H2,1-2H3. The average Bonchev–Trinajstić information content (AvgIpc) is 3.93. The van der Waals surface area contributed by atoms with Gasteiger partial charge >= 0.3 is 0 Å². The first-order valence-electron chi connectivity index (χ1n) is 22.6. The Balaban J connectivity index is 0.971. The summed E-state index contributed by atoms with van der Waals surface area (Å²) in [6.07, 6.45) is 5.60. The van der Waals surface area contributed by atoms with E-state index in [1.807, 2.05) is 0 Å². The fraction of sp³-hybridized carbons (Fsp3) is 0.200. The molecule has 4 saturated carbocycles. The molecule has 14 rings (SSSR count). The summed E-state index contributed by atoms with van der Waals surface area (Å²) in [4.78, 5) is 2.52. The van der Waals surface area contributed by atoms with Crippen molar-refractivity contribution in [3.63, 3.8) is 0 Å². The summed E-state index contributed by atoms with van der Waals surface area (Å²) >= 11 is 0. The van der Waals surface area contributed by atoms with E-state index in [0.717, 1.165) is 23.7 Å². The Kier molecular flexibility index (Phi) is 7.55. The SMILES string of the molecule is CC1(C)c2ccccc2-c2cc(N(c3ccc(-c4ccc(-c5ccccc5)cc4)cc3)c3ccc4c(c3)-c3cc(-c5ccccc5)ccc3C43C4CC5CC(C4)C3C5)ccc21. The average molecular weight is 784 g/mol. The smallest absolute Gasteiger partial charge is 0.0468 e. The van der Waals surface area contributed by atoms with Gasteiger partial charge in [-0.05, 0) is 170 Å². The second-order valence-electron chi connectivity index (χ2n) is 19.3. The van der Waals surface area contributed by atoms with Crippen LogP contribution in [0.4, 0.5) is 17.1 Å². The van der Waals surface area contributed by atoms with Crippen molar-refractivity contribution >= 4 is 17.1 Å². The molecule has 61 heavy (non-hydrogen) atoms. The molecule has 1 spiro atoms. The highest BCUT2D eigenvalue weighted by Gasteiger charge is 2.66. The van der Waals surface area contributed by atoms with Gasteiger partial charge in [0.15, 0.2) is 0 Å². The fourth-order valence-corrected chi connectivity index (χ4v) is 13.5. The summed E-state index contributed by atoms with van der Waals surface area (Å²) in [7, 11) is 0. The Labute approximate surface area is 360 Å². The van der Waals surface area contributed by atoms with Gasteiger partial charge in [-0.25, -0.2) is 0 Å². The van der Waals surface area contributed by atoms with Crippen LogP contribution in [0.5, 0.6) is 0 Å². The van der Waals surface area contributed by atoms with Crippen LogP contribution in [-0.4, -0.2) is 0 Å². The van der Waals surface area contributed by atoms with Crippen molar-refractivity contribution in [2.45, 2.75) is 50.4 Å². The van der Waals surface area contributed by atoms with Crippen molar-refractivity contribution in [3.8, 4) is 55.6 Å².